The summed E-state index contributed by atoms with van der Waals surface area (Å²) in [5.74, 6) is 0.358. The first kappa shape index (κ1) is 25.1. The van der Waals surface area contributed by atoms with Gasteiger partial charge >= 0.3 is 0 Å². The number of methoxy groups -OCH3 is 2. The molecule has 3 aromatic rings. The van der Waals surface area contributed by atoms with Crippen molar-refractivity contribution < 1.29 is 23.5 Å². The van der Waals surface area contributed by atoms with Gasteiger partial charge in [0.2, 0.25) is 5.91 Å². The third kappa shape index (κ3) is 5.63. The molecule has 9 heteroatoms. The minimum Gasteiger partial charge on any atom is -0.497 e. The van der Waals surface area contributed by atoms with Crippen LogP contribution >= 0.6 is 12.2 Å². The van der Waals surface area contributed by atoms with Gasteiger partial charge in [-0.25, -0.2) is 4.39 Å². The molecule has 2 amide bonds. The lowest BCUT2D eigenvalue weighted by Crippen LogP contribution is -2.39. The highest BCUT2D eigenvalue weighted by molar-refractivity contribution is 7.80. The van der Waals surface area contributed by atoms with Crippen molar-refractivity contribution >= 4 is 40.5 Å². The zero-order valence-corrected chi connectivity index (χ0v) is 20.8. The molecule has 186 valence electrons. The molecule has 0 aromatic heterocycles. The molecule has 0 unspecified atom stereocenters. The van der Waals surface area contributed by atoms with Gasteiger partial charge in [-0.05, 0) is 84.9 Å². The molecule has 1 N–H and O–H groups in total. The van der Waals surface area contributed by atoms with Crippen LogP contribution in [0, 0.1) is 5.82 Å². The summed E-state index contributed by atoms with van der Waals surface area (Å²) in [6.07, 6.45) is 0.510. The van der Waals surface area contributed by atoms with Crippen molar-refractivity contribution in [1.82, 2.24) is 4.90 Å². The Morgan fingerprint density at radius 2 is 1.53 bits per heavy atom. The van der Waals surface area contributed by atoms with Crippen LogP contribution in [0.2, 0.25) is 0 Å². The number of carbonyl (C=O) groups is 2. The Balaban J connectivity index is 1.53. The van der Waals surface area contributed by atoms with E-state index in [-0.39, 0.29) is 23.3 Å². The third-order valence-electron chi connectivity index (χ3n) is 5.96. The summed E-state index contributed by atoms with van der Waals surface area (Å²) in [7, 11) is 3.17. The number of rotatable bonds is 9. The van der Waals surface area contributed by atoms with Crippen LogP contribution in [0.4, 0.5) is 15.8 Å². The number of ether oxygens (including phenoxy) is 2. The van der Waals surface area contributed by atoms with Crippen molar-refractivity contribution in [3.05, 3.63) is 84.2 Å². The topological polar surface area (TPSA) is 71.1 Å². The van der Waals surface area contributed by atoms with Crippen LogP contribution in [-0.4, -0.2) is 48.6 Å². The number of nitrogens with one attached hydrogen (secondary N) is 1. The molecule has 36 heavy (non-hydrogen) atoms. The second-order valence-corrected chi connectivity index (χ2v) is 8.59. The maximum Gasteiger partial charge on any atom is 0.256 e. The SMILES string of the molecule is COc1ccc(CCN2C(=S)N(c3ccc(F)cc3)C(=O)[C@@H]2CC(=O)Nc2ccc(OC)cc2)cc1. The van der Waals surface area contributed by atoms with E-state index in [1.54, 1.807) is 43.4 Å². The Morgan fingerprint density at radius 3 is 2.11 bits per heavy atom. The molecule has 0 saturated carbocycles. The number of anilines is 2. The number of thiocarbonyl (C=S) groups is 1. The van der Waals surface area contributed by atoms with Crippen LogP contribution < -0.4 is 19.7 Å². The Kier molecular flexibility index (Phi) is 7.80. The Hall–Kier alpha value is -3.98. The highest BCUT2D eigenvalue weighted by Gasteiger charge is 2.43. The first-order valence-corrected chi connectivity index (χ1v) is 11.8. The summed E-state index contributed by atoms with van der Waals surface area (Å²) in [6.45, 7) is 0.426. The molecule has 1 aliphatic rings. The van der Waals surface area contributed by atoms with Gasteiger partial charge in [0.1, 0.15) is 23.4 Å². The van der Waals surface area contributed by atoms with Crippen LogP contribution in [0.15, 0.2) is 72.8 Å². The molecule has 4 rings (SSSR count). The third-order valence-corrected chi connectivity index (χ3v) is 6.37. The van der Waals surface area contributed by atoms with Crippen molar-refractivity contribution in [3.8, 4) is 11.5 Å². The van der Waals surface area contributed by atoms with Crippen molar-refractivity contribution in [2.75, 3.05) is 31.0 Å². The molecule has 1 aliphatic heterocycles. The molecule has 1 atom stereocenters. The monoisotopic (exact) mass is 507 g/mol. The molecule has 0 spiro atoms. The molecule has 1 saturated heterocycles. The first-order valence-electron chi connectivity index (χ1n) is 11.4. The van der Waals surface area contributed by atoms with Crippen molar-refractivity contribution in [1.29, 1.82) is 0 Å². The molecule has 0 radical (unpaired) electrons. The predicted octanol–water partition coefficient (Wildman–Crippen LogP) is 4.42. The maximum absolute atomic E-state index is 13.5. The van der Waals surface area contributed by atoms with E-state index in [1.807, 2.05) is 24.3 Å². The zero-order valence-electron chi connectivity index (χ0n) is 19.9. The van der Waals surface area contributed by atoms with Gasteiger partial charge < -0.3 is 19.7 Å². The summed E-state index contributed by atoms with van der Waals surface area (Å²) in [5, 5.41) is 3.11. The smallest absolute Gasteiger partial charge is 0.256 e. The van der Waals surface area contributed by atoms with E-state index >= 15 is 0 Å². The van der Waals surface area contributed by atoms with Gasteiger partial charge in [-0.15, -0.1) is 0 Å². The molecular formula is C27H26FN3O4S. The summed E-state index contributed by atoms with van der Waals surface area (Å²) in [5.41, 5.74) is 2.08. The van der Waals surface area contributed by atoms with E-state index < -0.39 is 11.9 Å². The highest BCUT2D eigenvalue weighted by atomic mass is 32.1. The largest absolute Gasteiger partial charge is 0.497 e. The van der Waals surface area contributed by atoms with E-state index in [0.717, 1.165) is 11.3 Å². The van der Waals surface area contributed by atoms with Gasteiger partial charge in [0.25, 0.3) is 5.91 Å². The van der Waals surface area contributed by atoms with Gasteiger partial charge in [-0.2, -0.15) is 0 Å². The molecule has 1 fully saturated rings. The average molecular weight is 508 g/mol. The Bertz CT molecular complexity index is 1230. The molecular weight excluding hydrogens is 481 g/mol. The minimum absolute atomic E-state index is 0.0920. The van der Waals surface area contributed by atoms with E-state index in [4.69, 9.17) is 21.7 Å². The fourth-order valence-corrected chi connectivity index (χ4v) is 4.43. The number of amides is 2. The van der Waals surface area contributed by atoms with Crippen molar-refractivity contribution in [3.63, 3.8) is 0 Å². The number of hydrogen-bond acceptors (Lipinski definition) is 5. The van der Waals surface area contributed by atoms with E-state index in [1.165, 1.54) is 29.2 Å². The standard InChI is InChI=1S/C27H26FN3O4S/c1-34-22-11-3-18(4-12-22)15-16-30-24(17-25(32)29-20-7-13-23(35-2)14-8-20)26(33)31(27(30)36)21-9-5-19(28)6-10-21/h3-14,24H,15-17H2,1-2H3,(H,29,32)/t24-/m0/s1. The number of nitrogens with zero attached hydrogens (tertiary/aromatic N) is 2. The fourth-order valence-electron chi connectivity index (χ4n) is 4.02. The van der Waals surface area contributed by atoms with Gasteiger partial charge in [0.05, 0.1) is 26.3 Å². The summed E-state index contributed by atoms with van der Waals surface area (Å²) in [4.78, 5) is 29.5. The number of carbonyl (C=O) groups excluding carboxylic acids is 2. The Morgan fingerprint density at radius 1 is 0.944 bits per heavy atom. The van der Waals surface area contributed by atoms with E-state index in [9.17, 15) is 14.0 Å². The lowest BCUT2D eigenvalue weighted by molar-refractivity contribution is -0.124. The van der Waals surface area contributed by atoms with Crippen molar-refractivity contribution in [2.45, 2.75) is 18.9 Å². The summed E-state index contributed by atoms with van der Waals surface area (Å²) < 4.78 is 23.9. The number of hydrogen-bond donors (Lipinski definition) is 1. The second kappa shape index (κ2) is 11.2. The average Bonchev–Trinajstić information content (AvgIpc) is 3.12. The Labute approximate surface area is 214 Å². The highest BCUT2D eigenvalue weighted by Crippen LogP contribution is 2.28. The first-order chi connectivity index (χ1) is 17.4. The zero-order chi connectivity index (χ0) is 25.7. The van der Waals surface area contributed by atoms with Gasteiger partial charge in [-0.3, -0.25) is 14.5 Å². The summed E-state index contributed by atoms with van der Waals surface area (Å²) >= 11 is 5.67. The predicted molar refractivity (Wildman–Crippen MR) is 140 cm³/mol. The maximum atomic E-state index is 13.5. The van der Waals surface area contributed by atoms with Gasteiger partial charge in [0, 0.05) is 12.2 Å². The molecule has 1 heterocycles. The van der Waals surface area contributed by atoms with Crippen molar-refractivity contribution in [2.24, 2.45) is 0 Å². The minimum atomic E-state index is -0.793. The molecule has 7 nitrogen and oxygen atoms in total. The van der Waals surface area contributed by atoms with Gasteiger partial charge in [0.15, 0.2) is 5.11 Å². The van der Waals surface area contributed by atoms with Gasteiger partial charge in [-0.1, -0.05) is 12.1 Å². The van der Waals surface area contributed by atoms with E-state index in [0.29, 0.717) is 30.1 Å². The van der Waals surface area contributed by atoms with Crippen LogP contribution in [0.25, 0.3) is 0 Å². The second-order valence-electron chi connectivity index (χ2n) is 8.22. The molecule has 0 aliphatic carbocycles. The van der Waals surface area contributed by atoms with Crippen LogP contribution in [0.1, 0.15) is 12.0 Å². The fraction of sp³-hybridized carbons (Fsp3) is 0.222. The van der Waals surface area contributed by atoms with Crippen LogP contribution in [0.3, 0.4) is 0 Å². The van der Waals surface area contributed by atoms with Crippen LogP contribution in [-0.2, 0) is 16.0 Å². The molecule has 3 aromatic carbocycles. The quantitative estimate of drug-likeness (QED) is 0.433. The lowest BCUT2D eigenvalue weighted by atomic mass is 10.1. The van der Waals surface area contributed by atoms with E-state index in [2.05, 4.69) is 5.32 Å². The number of benzene rings is 3. The number of halogens is 1. The summed E-state index contributed by atoms with van der Waals surface area (Å²) in [6, 6.07) is 19.3. The lowest BCUT2D eigenvalue weighted by Gasteiger charge is -2.24. The van der Waals surface area contributed by atoms with Crippen LogP contribution in [0.5, 0.6) is 11.5 Å². The molecule has 0 bridgehead atoms. The normalized spacial score (nSPS) is 15.2.